The summed E-state index contributed by atoms with van der Waals surface area (Å²) >= 11 is 0. The molecule has 30 heavy (non-hydrogen) atoms. The van der Waals surface area contributed by atoms with Crippen molar-refractivity contribution in [2.75, 3.05) is 12.3 Å². The molecule has 0 radical (unpaired) electrons. The number of carboxylic acid groups (broad SMARTS) is 1. The number of nitrogens with one attached hydrogen (secondary N) is 1. The number of aromatic carboxylic acids is 1. The molecule has 0 fully saturated rings. The van der Waals surface area contributed by atoms with Gasteiger partial charge in [-0.15, -0.1) is 0 Å². The lowest BCUT2D eigenvalue weighted by Crippen LogP contribution is -2.47. The van der Waals surface area contributed by atoms with Crippen LogP contribution in [0.5, 0.6) is 5.75 Å². The summed E-state index contributed by atoms with van der Waals surface area (Å²) in [6.07, 6.45) is 0. The van der Waals surface area contributed by atoms with Gasteiger partial charge in [-0.05, 0) is 52.0 Å². The Balaban J connectivity index is 1.85. The molecule has 3 aromatic rings. The predicted octanol–water partition coefficient (Wildman–Crippen LogP) is 3.72. The number of nitrogen functional groups attached to an aromatic ring is 1. The van der Waals surface area contributed by atoms with E-state index in [4.69, 9.17) is 10.5 Å². The Kier molecular flexibility index (Phi) is 5.64. The Morgan fingerprint density at radius 1 is 1.17 bits per heavy atom. The van der Waals surface area contributed by atoms with E-state index in [1.807, 2.05) is 39.0 Å². The number of rotatable bonds is 6. The van der Waals surface area contributed by atoms with Crippen molar-refractivity contribution in [3.63, 3.8) is 0 Å². The maximum absolute atomic E-state index is 12.6. The summed E-state index contributed by atoms with van der Waals surface area (Å²) in [5.41, 5.74) is 8.01. The molecule has 4 N–H and O–H groups in total. The highest BCUT2D eigenvalue weighted by Crippen LogP contribution is 2.33. The molecule has 0 atom stereocenters. The van der Waals surface area contributed by atoms with Gasteiger partial charge in [0.15, 0.2) is 0 Å². The van der Waals surface area contributed by atoms with Crippen molar-refractivity contribution in [1.29, 1.82) is 0 Å². The average molecular weight is 407 g/mol. The minimum absolute atomic E-state index is 0.0365. The molecule has 0 bridgehead atoms. The molecule has 0 aliphatic rings. The summed E-state index contributed by atoms with van der Waals surface area (Å²) in [5, 5.41) is 12.9. The van der Waals surface area contributed by atoms with Crippen molar-refractivity contribution in [3.05, 3.63) is 64.8 Å². The number of aromatic nitrogens is 1. The number of hydrogen-bond donors (Lipinski definition) is 3. The van der Waals surface area contributed by atoms with E-state index in [1.165, 1.54) is 0 Å². The zero-order chi connectivity index (χ0) is 22.1. The zero-order valence-corrected chi connectivity index (χ0v) is 17.4. The van der Waals surface area contributed by atoms with Gasteiger partial charge in [0.25, 0.3) is 5.91 Å². The Morgan fingerprint density at radius 3 is 2.53 bits per heavy atom. The molecule has 0 aliphatic heterocycles. The van der Waals surface area contributed by atoms with E-state index in [2.05, 4.69) is 10.3 Å². The number of hydrogen-bond acceptors (Lipinski definition) is 5. The van der Waals surface area contributed by atoms with Crippen LogP contribution in [0.15, 0.2) is 42.5 Å². The topological polar surface area (TPSA) is 115 Å². The van der Waals surface area contributed by atoms with Crippen molar-refractivity contribution in [2.45, 2.75) is 33.2 Å². The molecule has 3 rings (SSSR count). The summed E-state index contributed by atoms with van der Waals surface area (Å²) in [7, 11) is 0. The number of ether oxygens (including phenoxy) is 1. The van der Waals surface area contributed by atoms with E-state index < -0.39 is 11.5 Å². The smallest absolute Gasteiger partial charge is 0.339 e. The maximum Gasteiger partial charge on any atom is 0.339 e. The van der Waals surface area contributed by atoms with Crippen molar-refractivity contribution >= 4 is 28.5 Å². The van der Waals surface area contributed by atoms with E-state index in [9.17, 15) is 14.7 Å². The van der Waals surface area contributed by atoms with Gasteiger partial charge in [-0.3, -0.25) is 9.78 Å². The third kappa shape index (κ3) is 4.35. The minimum atomic E-state index is -1.14. The number of nitrogens with two attached hydrogens (primary N) is 1. The lowest BCUT2D eigenvalue weighted by molar-refractivity contribution is 0.0696. The van der Waals surface area contributed by atoms with Gasteiger partial charge in [0, 0.05) is 5.56 Å². The standard InChI is InChI=1S/C23H25N3O4/c1-13-7-5-8-15(11-13)21(27)26-23(3,4)12-30-17-10-6-9-16-19(17)20(24)18(22(28)29)14(2)25-16/h5-11H,12H2,1-4H3,(H2,24,25)(H,26,27)(H,28,29). The number of carbonyl (C=O) groups is 2. The van der Waals surface area contributed by atoms with E-state index in [1.54, 1.807) is 31.2 Å². The van der Waals surface area contributed by atoms with Gasteiger partial charge in [-0.2, -0.15) is 0 Å². The fraction of sp³-hybridized carbons (Fsp3) is 0.261. The summed E-state index contributed by atoms with van der Waals surface area (Å²) in [6.45, 7) is 7.38. The molecule has 2 aromatic carbocycles. The first-order chi connectivity index (χ1) is 14.1. The van der Waals surface area contributed by atoms with Crippen LogP contribution in [0.3, 0.4) is 0 Å². The van der Waals surface area contributed by atoms with Crippen LogP contribution in [-0.2, 0) is 0 Å². The van der Waals surface area contributed by atoms with Crippen molar-refractivity contribution in [3.8, 4) is 5.75 Å². The SMILES string of the molecule is Cc1cccc(C(=O)NC(C)(C)COc2cccc3nc(C)c(C(=O)O)c(N)c23)c1. The summed E-state index contributed by atoms with van der Waals surface area (Å²) in [6, 6.07) is 12.6. The number of carbonyl (C=O) groups excluding carboxylic acids is 1. The fourth-order valence-corrected chi connectivity index (χ4v) is 3.29. The third-order valence-electron chi connectivity index (χ3n) is 4.73. The van der Waals surface area contributed by atoms with Gasteiger partial charge in [0.2, 0.25) is 0 Å². The average Bonchev–Trinajstić information content (AvgIpc) is 2.65. The monoisotopic (exact) mass is 407 g/mol. The highest BCUT2D eigenvalue weighted by Gasteiger charge is 2.24. The predicted molar refractivity (Wildman–Crippen MR) is 116 cm³/mol. The first kappa shape index (κ1) is 21.1. The summed E-state index contributed by atoms with van der Waals surface area (Å²) in [5.74, 6) is -0.923. The quantitative estimate of drug-likeness (QED) is 0.574. The van der Waals surface area contributed by atoms with E-state index in [0.717, 1.165) is 5.56 Å². The van der Waals surface area contributed by atoms with Crippen LogP contribution < -0.4 is 15.8 Å². The minimum Gasteiger partial charge on any atom is -0.490 e. The van der Waals surface area contributed by atoms with Crippen molar-refractivity contribution < 1.29 is 19.4 Å². The van der Waals surface area contributed by atoms with Crippen LogP contribution in [0.25, 0.3) is 10.9 Å². The molecular weight excluding hydrogens is 382 g/mol. The number of fused-ring (bicyclic) bond motifs is 1. The molecule has 0 saturated heterocycles. The van der Waals surface area contributed by atoms with Gasteiger partial charge >= 0.3 is 5.97 Å². The fourth-order valence-electron chi connectivity index (χ4n) is 3.29. The number of benzene rings is 2. The summed E-state index contributed by atoms with van der Waals surface area (Å²) < 4.78 is 5.97. The van der Waals surface area contributed by atoms with Crippen LogP contribution in [0.1, 0.15) is 45.8 Å². The van der Waals surface area contributed by atoms with Gasteiger partial charge in [-0.1, -0.05) is 23.8 Å². The second-order valence-electron chi connectivity index (χ2n) is 7.94. The first-order valence-electron chi connectivity index (χ1n) is 9.53. The Bertz CT molecular complexity index is 1140. The van der Waals surface area contributed by atoms with Crippen molar-refractivity contribution in [1.82, 2.24) is 10.3 Å². The molecule has 0 saturated carbocycles. The van der Waals surface area contributed by atoms with E-state index >= 15 is 0 Å². The Labute approximate surface area is 174 Å². The number of amides is 1. The molecule has 156 valence electrons. The van der Waals surface area contributed by atoms with Gasteiger partial charge in [-0.25, -0.2) is 4.79 Å². The molecular formula is C23H25N3O4. The molecule has 7 heteroatoms. The maximum atomic E-state index is 12.6. The zero-order valence-electron chi connectivity index (χ0n) is 17.4. The number of carboxylic acids is 1. The van der Waals surface area contributed by atoms with Crippen molar-refractivity contribution in [2.24, 2.45) is 0 Å². The largest absolute Gasteiger partial charge is 0.490 e. The first-order valence-corrected chi connectivity index (χ1v) is 9.53. The van der Waals surface area contributed by atoms with Gasteiger partial charge in [0.05, 0.1) is 27.8 Å². The van der Waals surface area contributed by atoms with E-state index in [0.29, 0.717) is 27.9 Å². The molecule has 1 heterocycles. The highest BCUT2D eigenvalue weighted by molar-refractivity contribution is 6.06. The number of anilines is 1. The second-order valence-corrected chi connectivity index (χ2v) is 7.94. The number of aryl methyl sites for hydroxylation is 2. The normalized spacial score (nSPS) is 11.3. The van der Waals surface area contributed by atoms with Gasteiger partial charge in [0.1, 0.15) is 17.9 Å². The van der Waals surface area contributed by atoms with Crippen LogP contribution in [0.2, 0.25) is 0 Å². The van der Waals surface area contributed by atoms with Gasteiger partial charge < -0.3 is 20.9 Å². The molecule has 0 spiro atoms. The molecule has 1 aromatic heterocycles. The highest BCUT2D eigenvalue weighted by atomic mass is 16.5. The molecule has 7 nitrogen and oxygen atoms in total. The number of nitrogens with zero attached hydrogens (tertiary/aromatic N) is 1. The van der Waals surface area contributed by atoms with Crippen LogP contribution in [0.4, 0.5) is 5.69 Å². The summed E-state index contributed by atoms with van der Waals surface area (Å²) in [4.78, 5) is 28.5. The number of pyridine rings is 1. The molecule has 0 unspecified atom stereocenters. The lowest BCUT2D eigenvalue weighted by atomic mass is 10.0. The van der Waals surface area contributed by atoms with Crippen LogP contribution >= 0.6 is 0 Å². The third-order valence-corrected chi connectivity index (χ3v) is 4.73. The van der Waals surface area contributed by atoms with E-state index in [-0.39, 0.29) is 23.8 Å². The van der Waals surface area contributed by atoms with Crippen LogP contribution in [0, 0.1) is 13.8 Å². The Morgan fingerprint density at radius 2 is 1.87 bits per heavy atom. The lowest BCUT2D eigenvalue weighted by Gasteiger charge is -2.27. The second kappa shape index (κ2) is 8.02. The molecule has 1 amide bonds. The molecule has 0 aliphatic carbocycles. The van der Waals surface area contributed by atoms with Crippen LogP contribution in [-0.4, -0.2) is 34.1 Å². The Hall–Kier alpha value is -3.61.